The maximum atomic E-state index is 13.8. The molecule has 1 amide bonds. The van der Waals surface area contributed by atoms with Gasteiger partial charge in [-0.1, -0.05) is 29.8 Å². The van der Waals surface area contributed by atoms with Gasteiger partial charge in [0.2, 0.25) is 5.76 Å². The first-order valence-electron chi connectivity index (χ1n) is 11.8. The molecule has 8 heteroatoms. The summed E-state index contributed by atoms with van der Waals surface area (Å²) < 4.78 is 22.1. The molecule has 1 aliphatic heterocycles. The second kappa shape index (κ2) is 9.82. The lowest BCUT2D eigenvalue weighted by molar-refractivity contribution is 0.0730. The maximum absolute atomic E-state index is 13.8. The van der Waals surface area contributed by atoms with Gasteiger partial charge in [0.1, 0.15) is 11.3 Å². The lowest BCUT2D eigenvalue weighted by Crippen LogP contribution is -2.31. The number of hydrogen-bond donors (Lipinski definition) is 0. The zero-order valence-electron chi connectivity index (χ0n) is 21.0. The highest BCUT2D eigenvalue weighted by Crippen LogP contribution is 2.39. The van der Waals surface area contributed by atoms with E-state index < -0.39 is 6.04 Å². The van der Waals surface area contributed by atoms with Crippen molar-refractivity contribution in [3.8, 4) is 17.2 Å². The Kier molecular flexibility index (Phi) is 6.56. The molecule has 4 aromatic rings. The third-order valence-corrected chi connectivity index (χ3v) is 7.18. The SMILES string of the molecule is COc1ccc([C@H]2c3c(oc4cc(C)c(Cl)cc4c3=O)C(=O)N2CCc2ccc(OC)c(OC)c2)cc1. The first kappa shape index (κ1) is 24.7. The van der Waals surface area contributed by atoms with E-state index in [0.717, 1.165) is 16.7 Å². The van der Waals surface area contributed by atoms with E-state index in [1.54, 1.807) is 38.4 Å². The number of hydrogen-bond acceptors (Lipinski definition) is 6. The molecule has 3 aromatic carbocycles. The third kappa shape index (κ3) is 4.29. The average Bonchev–Trinajstić information content (AvgIpc) is 3.19. The summed E-state index contributed by atoms with van der Waals surface area (Å²) in [7, 11) is 4.75. The Balaban J connectivity index is 1.60. The summed E-state index contributed by atoms with van der Waals surface area (Å²) in [6.45, 7) is 2.18. The van der Waals surface area contributed by atoms with Gasteiger partial charge in [0.05, 0.1) is 38.3 Å². The van der Waals surface area contributed by atoms with Gasteiger partial charge in [0.25, 0.3) is 5.91 Å². The number of rotatable bonds is 7. The van der Waals surface area contributed by atoms with Gasteiger partial charge in [-0.3, -0.25) is 9.59 Å². The van der Waals surface area contributed by atoms with Crippen LogP contribution in [0.2, 0.25) is 5.02 Å². The normalized spacial score (nSPS) is 14.7. The highest BCUT2D eigenvalue weighted by Gasteiger charge is 2.42. The molecule has 5 rings (SSSR count). The summed E-state index contributed by atoms with van der Waals surface area (Å²) in [6, 6.07) is 15.7. The predicted octanol–water partition coefficient (Wildman–Crippen LogP) is 5.57. The second-order valence-electron chi connectivity index (χ2n) is 8.89. The molecule has 190 valence electrons. The summed E-state index contributed by atoms with van der Waals surface area (Å²) in [4.78, 5) is 29.1. The number of ether oxygens (including phenoxy) is 3. The van der Waals surface area contributed by atoms with Crippen LogP contribution in [0.25, 0.3) is 11.0 Å². The summed E-state index contributed by atoms with van der Waals surface area (Å²) in [6.07, 6.45) is 0.533. The number of benzene rings is 3. The third-order valence-electron chi connectivity index (χ3n) is 6.77. The van der Waals surface area contributed by atoms with Crippen LogP contribution in [0.5, 0.6) is 17.2 Å². The molecule has 1 aliphatic rings. The van der Waals surface area contributed by atoms with Crippen molar-refractivity contribution in [2.45, 2.75) is 19.4 Å². The number of amides is 1. The van der Waals surface area contributed by atoms with Crippen LogP contribution >= 0.6 is 11.6 Å². The molecule has 0 aliphatic carbocycles. The van der Waals surface area contributed by atoms with Gasteiger partial charge in [0, 0.05) is 11.6 Å². The van der Waals surface area contributed by atoms with Crippen LogP contribution in [0.1, 0.15) is 38.9 Å². The highest BCUT2D eigenvalue weighted by molar-refractivity contribution is 6.32. The van der Waals surface area contributed by atoms with Gasteiger partial charge >= 0.3 is 0 Å². The Morgan fingerprint density at radius 3 is 2.32 bits per heavy atom. The molecular weight excluding hydrogens is 494 g/mol. The zero-order valence-corrected chi connectivity index (χ0v) is 21.7. The van der Waals surface area contributed by atoms with Crippen molar-refractivity contribution >= 4 is 28.5 Å². The molecule has 0 bridgehead atoms. The highest BCUT2D eigenvalue weighted by atomic mass is 35.5. The Hall–Kier alpha value is -3.97. The fourth-order valence-electron chi connectivity index (χ4n) is 4.79. The fraction of sp³-hybridized carbons (Fsp3) is 0.241. The Labute approximate surface area is 219 Å². The first-order chi connectivity index (χ1) is 17.9. The molecule has 0 unspecified atom stereocenters. The van der Waals surface area contributed by atoms with Crippen LogP contribution in [0, 0.1) is 6.92 Å². The number of fused-ring (bicyclic) bond motifs is 2. The molecule has 0 saturated heterocycles. The monoisotopic (exact) mass is 519 g/mol. The van der Waals surface area contributed by atoms with Gasteiger partial charge in [-0.15, -0.1) is 0 Å². The molecule has 0 saturated carbocycles. The lowest BCUT2D eigenvalue weighted by atomic mass is 9.98. The van der Waals surface area contributed by atoms with Crippen molar-refractivity contribution in [1.29, 1.82) is 0 Å². The maximum Gasteiger partial charge on any atom is 0.290 e. The molecule has 0 N–H and O–H groups in total. The van der Waals surface area contributed by atoms with Crippen molar-refractivity contribution in [2.24, 2.45) is 0 Å². The standard InChI is InChI=1S/C29H26ClNO6/c1-16-13-23-20(15-21(16)30)27(32)25-26(18-6-8-19(34-2)9-7-18)31(29(33)28(25)37-23)12-11-17-5-10-22(35-3)24(14-17)36-4/h5-10,13-15,26H,11-12H2,1-4H3/t26-/m0/s1. The van der Waals surface area contributed by atoms with Crippen LogP contribution in [0.3, 0.4) is 0 Å². The lowest BCUT2D eigenvalue weighted by Gasteiger charge is -2.25. The van der Waals surface area contributed by atoms with E-state index in [1.807, 2.05) is 49.4 Å². The van der Waals surface area contributed by atoms with Crippen LogP contribution in [0.15, 0.2) is 63.8 Å². The van der Waals surface area contributed by atoms with E-state index in [0.29, 0.717) is 51.8 Å². The van der Waals surface area contributed by atoms with Crippen molar-refractivity contribution in [3.05, 3.63) is 97.9 Å². The number of halogens is 1. The second-order valence-corrected chi connectivity index (χ2v) is 9.29. The topological polar surface area (TPSA) is 78.2 Å². The molecule has 0 radical (unpaired) electrons. The van der Waals surface area contributed by atoms with E-state index in [1.165, 1.54) is 0 Å². The number of carbonyl (C=O) groups excluding carboxylic acids is 1. The summed E-state index contributed by atoms with van der Waals surface area (Å²) in [5.41, 5.74) is 2.90. The van der Waals surface area contributed by atoms with Gasteiger partial charge in [0.15, 0.2) is 16.9 Å². The minimum Gasteiger partial charge on any atom is -0.497 e. The van der Waals surface area contributed by atoms with Gasteiger partial charge in [-0.05, 0) is 66.4 Å². The van der Waals surface area contributed by atoms with Crippen molar-refractivity contribution in [2.75, 3.05) is 27.9 Å². The van der Waals surface area contributed by atoms with E-state index in [4.69, 9.17) is 30.2 Å². The minimum absolute atomic E-state index is 0.0624. The van der Waals surface area contributed by atoms with Crippen molar-refractivity contribution < 1.29 is 23.4 Å². The summed E-state index contributed by atoms with van der Waals surface area (Å²) in [5.74, 6) is 1.65. The Bertz CT molecular complexity index is 1560. The smallest absolute Gasteiger partial charge is 0.290 e. The molecule has 37 heavy (non-hydrogen) atoms. The molecule has 1 atom stereocenters. The van der Waals surface area contributed by atoms with E-state index in [2.05, 4.69) is 0 Å². The van der Waals surface area contributed by atoms with Crippen molar-refractivity contribution in [3.63, 3.8) is 0 Å². The van der Waals surface area contributed by atoms with E-state index in [9.17, 15) is 9.59 Å². The molecule has 0 spiro atoms. The average molecular weight is 520 g/mol. The van der Waals surface area contributed by atoms with Gasteiger partial charge in [-0.2, -0.15) is 0 Å². The van der Waals surface area contributed by atoms with Crippen LogP contribution < -0.4 is 19.6 Å². The van der Waals surface area contributed by atoms with Crippen LogP contribution in [-0.2, 0) is 6.42 Å². The summed E-state index contributed by atoms with van der Waals surface area (Å²) >= 11 is 6.33. The quantitative estimate of drug-likeness (QED) is 0.318. The fourth-order valence-corrected chi connectivity index (χ4v) is 4.95. The van der Waals surface area contributed by atoms with Gasteiger partial charge in [-0.25, -0.2) is 0 Å². The number of nitrogens with zero attached hydrogens (tertiary/aromatic N) is 1. The first-order valence-corrected chi connectivity index (χ1v) is 12.2. The van der Waals surface area contributed by atoms with Gasteiger partial charge < -0.3 is 23.5 Å². The Morgan fingerprint density at radius 1 is 0.919 bits per heavy atom. The van der Waals surface area contributed by atoms with E-state index >= 15 is 0 Å². The minimum atomic E-state index is -0.616. The number of aryl methyl sites for hydroxylation is 1. The molecule has 0 fully saturated rings. The predicted molar refractivity (Wildman–Crippen MR) is 141 cm³/mol. The largest absolute Gasteiger partial charge is 0.497 e. The molecule has 2 heterocycles. The molecule has 7 nitrogen and oxygen atoms in total. The van der Waals surface area contributed by atoms with Crippen LogP contribution in [0.4, 0.5) is 0 Å². The van der Waals surface area contributed by atoms with Crippen molar-refractivity contribution in [1.82, 2.24) is 4.90 Å². The number of carbonyl (C=O) groups is 1. The molecule has 1 aromatic heterocycles. The Morgan fingerprint density at radius 2 is 1.65 bits per heavy atom. The van der Waals surface area contributed by atoms with Crippen LogP contribution in [-0.4, -0.2) is 38.7 Å². The molecular formula is C29H26ClNO6. The van der Waals surface area contributed by atoms with E-state index in [-0.39, 0.29) is 17.1 Å². The zero-order chi connectivity index (χ0) is 26.3. The summed E-state index contributed by atoms with van der Waals surface area (Å²) in [5, 5.41) is 0.817. The number of methoxy groups -OCH3 is 3.